The van der Waals surface area contributed by atoms with Crippen molar-refractivity contribution in [3.8, 4) is 0 Å². The Morgan fingerprint density at radius 2 is 1.85 bits per heavy atom. The molecule has 5 heteroatoms. The maximum absolute atomic E-state index is 12.0. The predicted molar refractivity (Wildman–Crippen MR) is 79.5 cm³/mol. The van der Waals surface area contributed by atoms with E-state index in [1.807, 2.05) is 20.8 Å². The summed E-state index contributed by atoms with van der Waals surface area (Å²) >= 11 is 0. The fourth-order valence-corrected chi connectivity index (χ4v) is 1.66. The molecule has 1 amide bonds. The first-order chi connectivity index (χ1) is 9.36. The highest BCUT2D eigenvalue weighted by atomic mass is 16.1. The normalized spacial score (nSPS) is 11.2. The second-order valence-electron chi connectivity index (χ2n) is 5.62. The van der Waals surface area contributed by atoms with Crippen molar-refractivity contribution in [3.63, 3.8) is 0 Å². The summed E-state index contributed by atoms with van der Waals surface area (Å²) in [6.45, 7) is 6.11. The van der Waals surface area contributed by atoms with Gasteiger partial charge in [-0.05, 0) is 18.2 Å². The highest BCUT2D eigenvalue weighted by molar-refractivity contribution is 6.04. The number of hydrogen-bond acceptors (Lipinski definition) is 4. The number of carbonyl (C=O) groups is 1. The van der Waals surface area contributed by atoms with Gasteiger partial charge in [0.25, 0.3) is 5.91 Å². The minimum absolute atomic E-state index is 0.115. The molecule has 0 bridgehead atoms. The van der Waals surface area contributed by atoms with Crippen LogP contribution in [0.15, 0.2) is 36.7 Å². The Balaban J connectivity index is 2.12. The number of nitrogen functional groups attached to an aromatic ring is 1. The lowest BCUT2D eigenvalue weighted by molar-refractivity contribution is 0.102. The van der Waals surface area contributed by atoms with Gasteiger partial charge in [-0.25, -0.2) is 9.97 Å². The molecule has 0 aliphatic heterocycles. The lowest BCUT2D eigenvalue weighted by Crippen LogP contribution is -2.17. The number of nitrogens with one attached hydrogen (secondary N) is 1. The Morgan fingerprint density at radius 3 is 2.40 bits per heavy atom. The van der Waals surface area contributed by atoms with Gasteiger partial charge in [0.15, 0.2) is 0 Å². The Hall–Kier alpha value is -2.43. The zero-order valence-corrected chi connectivity index (χ0v) is 11.8. The lowest BCUT2D eigenvalue weighted by atomic mass is 9.96. The van der Waals surface area contributed by atoms with E-state index in [1.54, 1.807) is 36.7 Å². The zero-order valence-electron chi connectivity index (χ0n) is 11.8. The Labute approximate surface area is 118 Å². The third-order valence-electron chi connectivity index (χ3n) is 2.73. The smallest absolute Gasteiger partial charge is 0.255 e. The van der Waals surface area contributed by atoms with Crippen LogP contribution in [0.1, 0.15) is 37.0 Å². The molecule has 0 saturated carbocycles. The predicted octanol–water partition coefficient (Wildman–Crippen LogP) is 2.61. The Kier molecular flexibility index (Phi) is 3.70. The van der Waals surface area contributed by atoms with Crippen LogP contribution in [-0.2, 0) is 5.41 Å². The van der Waals surface area contributed by atoms with Crippen LogP contribution in [-0.4, -0.2) is 15.9 Å². The minimum atomic E-state index is -0.232. The first kappa shape index (κ1) is 14.0. The van der Waals surface area contributed by atoms with Crippen LogP contribution in [0, 0.1) is 0 Å². The van der Waals surface area contributed by atoms with Gasteiger partial charge in [-0.15, -0.1) is 0 Å². The van der Waals surface area contributed by atoms with Crippen LogP contribution in [0.4, 0.5) is 11.4 Å². The molecule has 0 saturated heterocycles. The molecular weight excluding hydrogens is 252 g/mol. The number of benzene rings is 1. The average molecular weight is 270 g/mol. The number of nitrogens with zero attached hydrogens (tertiary/aromatic N) is 2. The van der Waals surface area contributed by atoms with Crippen molar-refractivity contribution in [2.45, 2.75) is 26.2 Å². The average Bonchev–Trinajstić information content (AvgIpc) is 2.38. The Bertz CT molecular complexity index is 615. The van der Waals surface area contributed by atoms with Gasteiger partial charge in [0.05, 0.1) is 18.1 Å². The molecular formula is C15H18N4O. The number of amides is 1. The molecule has 1 heterocycles. The highest BCUT2D eigenvalue weighted by Crippen LogP contribution is 2.18. The van der Waals surface area contributed by atoms with Crippen molar-refractivity contribution in [2.24, 2.45) is 0 Å². The van der Waals surface area contributed by atoms with Gasteiger partial charge in [-0.1, -0.05) is 26.8 Å². The first-order valence-corrected chi connectivity index (χ1v) is 6.36. The fourth-order valence-electron chi connectivity index (χ4n) is 1.66. The second-order valence-corrected chi connectivity index (χ2v) is 5.62. The van der Waals surface area contributed by atoms with E-state index in [4.69, 9.17) is 5.73 Å². The summed E-state index contributed by atoms with van der Waals surface area (Å²) in [5.41, 5.74) is 7.16. The van der Waals surface area contributed by atoms with Crippen molar-refractivity contribution >= 4 is 17.3 Å². The molecule has 0 aliphatic rings. The molecule has 0 atom stereocenters. The Morgan fingerprint density at radius 1 is 1.20 bits per heavy atom. The lowest BCUT2D eigenvalue weighted by Gasteiger charge is -2.16. The summed E-state index contributed by atoms with van der Waals surface area (Å²) in [5.74, 6) is 0.504. The SMILES string of the molecule is CC(C)(C)c1ncc(NC(=O)c2cccc(N)c2)cn1. The zero-order chi connectivity index (χ0) is 14.8. The number of carbonyl (C=O) groups excluding carboxylic acids is 1. The van der Waals surface area contributed by atoms with Crippen molar-refractivity contribution in [1.29, 1.82) is 0 Å². The molecule has 0 unspecified atom stereocenters. The van der Waals surface area contributed by atoms with Crippen LogP contribution in [0.25, 0.3) is 0 Å². The van der Waals surface area contributed by atoms with Gasteiger partial charge in [0, 0.05) is 16.7 Å². The molecule has 3 N–H and O–H groups in total. The number of hydrogen-bond donors (Lipinski definition) is 2. The van der Waals surface area contributed by atoms with Gasteiger partial charge < -0.3 is 11.1 Å². The van der Waals surface area contributed by atoms with Gasteiger partial charge in [-0.2, -0.15) is 0 Å². The van der Waals surface area contributed by atoms with E-state index in [9.17, 15) is 4.79 Å². The summed E-state index contributed by atoms with van der Waals surface area (Å²) in [7, 11) is 0. The molecule has 0 spiro atoms. The third-order valence-corrected chi connectivity index (χ3v) is 2.73. The molecule has 2 aromatic rings. The fraction of sp³-hybridized carbons (Fsp3) is 0.267. The van der Waals surface area contributed by atoms with Gasteiger partial charge in [0.1, 0.15) is 5.82 Å². The molecule has 0 fully saturated rings. The molecule has 0 aliphatic carbocycles. The molecule has 5 nitrogen and oxygen atoms in total. The van der Waals surface area contributed by atoms with E-state index in [2.05, 4.69) is 15.3 Å². The van der Waals surface area contributed by atoms with Crippen LogP contribution >= 0.6 is 0 Å². The van der Waals surface area contributed by atoms with Crippen molar-refractivity contribution in [1.82, 2.24) is 9.97 Å². The summed E-state index contributed by atoms with van der Waals surface area (Å²) in [4.78, 5) is 20.6. The van der Waals surface area contributed by atoms with Crippen LogP contribution < -0.4 is 11.1 Å². The molecule has 1 aromatic carbocycles. The van der Waals surface area contributed by atoms with Crippen LogP contribution in [0.5, 0.6) is 0 Å². The van der Waals surface area contributed by atoms with Crippen molar-refractivity contribution < 1.29 is 4.79 Å². The second kappa shape index (κ2) is 5.28. The van der Waals surface area contributed by atoms with E-state index in [-0.39, 0.29) is 11.3 Å². The monoisotopic (exact) mass is 270 g/mol. The third kappa shape index (κ3) is 3.32. The van der Waals surface area contributed by atoms with Crippen molar-refractivity contribution in [2.75, 3.05) is 11.1 Å². The summed E-state index contributed by atoms with van der Waals surface area (Å²) < 4.78 is 0. The molecule has 0 radical (unpaired) electrons. The number of aromatic nitrogens is 2. The molecule has 104 valence electrons. The number of rotatable bonds is 2. The maximum Gasteiger partial charge on any atom is 0.255 e. The van der Waals surface area contributed by atoms with E-state index < -0.39 is 0 Å². The quantitative estimate of drug-likeness (QED) is 0.822. The van der Waals surface area contributed by atoms with E-state index in [1.165, 1.54) is 0 Å². The largest absolute Gasteiger partial charge is 0.399 e. The highest BCUT2D eigenvalue weighted by Gasteiger charge is 2.17. The topological polar surface area (TPSA) is 80.9 Å². The van der Waals surface area contributed by atoms with Gasteiger partial charge >= 0.3 is 0 Å². The van der Waals surface area contributed by atoms with Crippen LogP contribution in [0.3, 0.4) is 0 Å². The van der Waals surface area contributed by atoms with Gasteiger partial charge in [-0.3, -0.25) is 4.79 Å². The maximum atomic E-state index is 12.0. The summed E-state index contributed by atoms with van der Waals surface area (Å²) in [5, 5.41) is 2.74. The number of nitrogens with two attached hydrogens (primary N) is 1. The summed E-state index contributed by atoms with van der Waals surface area (Å²) in [6.07, 6.45) is 3.22. The van der Waals surface area contributed by atoms with Crippen molar-refractivity contribution in [3.05, 3.63) is 48.0 Å². The molecule has 1 aromatic heterocycles. The first-order valence-electron chi connectivity index (χ1n) is 6.36. The van der Waals surface area contributed by atoms with E-state index in [0.29, 0.717) is 16.9 Å². The summed E-state index contributed by atoms with van der Waals surface area (Å²) in [6, 6.07) is 6.80. The minimum Gasteiger partial charge on any atom is -0.399 e. The molecule has 20 heavy (non-hydrogen) atoms. The number of anilines is 2. The van der Waals surface area contributed by atoms with E-state index in [0.717, 1.165) is 5.82 Å². The standard InChI is InChI=1S/C15H18N4O/c1-15(2,3)14-17-8-12(9-18-14)19-13(20)10-5-4-6-11(16)7-10/h4-9H,16H2,1-3H3,(H,19,20). The molecule has 2 rings (SSSR count). The van der Waals surface area contributed by atoms with E-state index >= 15 is 0 Å². The van der Waals surface area contributed by atoms with Crippen LogP contribution in [0.2, 0.25) is 0 Å². The van der Waals surface area contributed by atoms with Gasteiger partial charge in [0.2, 0.25) is 0 Å².